The first-order valence-electron chi connectivity index (χ1n) is 12.1. The van der Waals surface area contributed by atoms with Gasteiger partial charge in [0.25, 0.3) is 0 Å². The average Bonchev–Trinajstić information content (AvgIpc) is 3.31. The second kappa shape index (κ2) is 12.5. The van der Waals surface area contributed by atoms with E-state index in [1.807, 2.05) is 24.3 Å². The first-order chi connectivity index (χ1) is 19.4. The van der Waals surface area contributed by atoms with Crippen molar-refractivity contribution in [2.45, 2.75) is 31.6 Å². The second-order valence-electron chi connectivity index (χ2n) is 8.96. The maximum absolute atomic E-state index is 13.2. The molecule has 0 radical (unpaired) electrons. The number of nitrogens with two attached hydrogens (primary N) is 1. The van der Waals surface area contributed by atoms with Gasteiger partial charge in [-0.25, -0.2) is 9.78 Å². The van der Waals surface area contributed by atoms with Gasteiger partial charge in [0.1, 0.15) is 23.1 Å². The number of methoxy groups -OCH3 is 1. The van der Waals surface area contributed by atoms with E-state index in [0.29, 0.717) is 30.9 Å². The topological polar surface area (TPSA) is 130 Å². The summed E-state index contributed by atoms with van der Waals surface area (Å²) in [7, 11) is -3.19. The molecule has 0 saturated carbocycles. The van der Waals surface area contributed by atoms with Crippen LogP contribution < -0.4 is 15.2 Å². The van der Waals surface area contributed by atoms with Gasteiger partial charge < -0.3 is 24.1 Å². The molecule has 0 spiro atoms. The van der Waals surface area contributed by atoms with Gasteiger partial charge in [0, 0.05) is 37.5 Å². The number of fused-ring (bicyclic) bond motifs is 1. The van der Waals surface area contributed by atoms with Crippen LogP contribution in [0.4, 0.5) is 18.0 Å². The average molecular weight is 616 g/mol. The number of hydrogen-bond acceptors (Lipinski definition) is 8. The predicted molar refractivity (Wildman–Crippen MR) is 141 cm³/mol. The van der Waals surface area contributed by atoms with Gasteiger partial charge in [-0.15, -0.1) is 0 Å². The molecule has 41 heavy (non-hydrogen) atoms. The minimum atomic E-state index is -4.68. The molecular formula is C26H25ClF3N3O7S. The number of benzene rings is 2. The highest BCUT2D eigenvalue weighted by Gasteiger charge is 2.37. The summed E-state index contributed by atoms with van der Waals surface area (Å²) in [6, 6.07) is 11.9. The maximum atomic E-state index is 13.2. The van der Waals surface area contributed by atoms with Crippen LogP contribution in [0.1, 0.15) is 22.3 Å². The monoisotopic (exact) mass is 615 g/mol. The van der Waals surface area contributed by atoms with E-state index >= 15 is 0 Å². The quantitative estimate of drug-likeness (QED) is 0.302. The summed E-state index contributed by atoms with van der Waals surface area (Å²) in [5, 5.41) is -0.427. The standard InChI is InChI=1S/C26H25ClF3N3O7S/c1-37-8-9-38-21-7-6-18(23(13-21)39-24-22(27)12-19(14-32-24)26(28,29)30)15-33(41(35,36)40-25(31)34)20-10-16-4-2-3-5-17(16)11-20/h2-7,12-14,20H,8-11,15H2,1H3,(H2,31,34). The van der Waals surface area contributed by atoms with Gasteiger partial charge in [-0.3, -0.25) is 0 Å². The molecule has 10 nitrogen and oxygen atoms in total. The van der Waals surface area contributed by atoms with Crippen LogP contribution in [0, 0.1) is 0 Å². The van der Waals surface area contributed by atoms with E-state index in [2.05, 4.69) is 9.17 Å². The Morgan fingerprint density at radius 1 is 1.12 bits per heavy atom. The highest BCUT2D eigenvalue weighted by Crippen LogP contribution is 2.38. The van der Waals surface area contributed by atoms with Gasteiger partial charge in [0.15, 0.2) is 0 Å². The molecule has 220 valence electrons. The lowest BCUT2D eigenvalue weighted by molar-refractivity contribution is -0.137. The third-order valence-electron chi connectivity index (χ3n) is 6.17. The molecule has 3 aromatic rings. The number of aromatic nitrogens is 1. The summed E-state index contributed by atoms with van der Waals surface area (Å²) >= 11 is 6.06. The fourth-order valence-corrected chi connectivity index (χ4v) is 5.62. The number of alkyl halides is 3. The van der Waals surface area contributed by atoms with E-state index in [9.17, 15) is 26.4 Å². The van der Waals surface area contributed by atoms with Crippen LogP contribution in [0.3, 0.4) is 0 Å². The van der Waals surface area contributed by atoms with Crippen molar-refractivity contribution in [3.05, 3.63) is 82.0 Å². The van der Waals surface area contributed by atoms with Crippen molar-refractivity contribution in [2.75, 3.05) is 20.3 Å². The van der Waals surface area contributed by atoms with E-state index in [1.54, 1.807) is 6.07 Å². The summed E-state index contributed by atoms with van der Waals surface area (Å²) in [5.74, 6) is -0.0743. The van der Waals surface area contributed by atoms with Crippen molar-refractivity contribution < 1.29 is 44.8 Å². The Kier molecular flexibility index (Phi) is 9.27. The zero-order chi connectivity index (χ0) is 29.8. The number of carbonyl (C=O) groups excluding carboxylic acids is 1. The predicted octanol–water partition coefficient (Wildman–Crippen LogP) is 4.88. The molecule has 1 aromatic heterocycles. The van der Waals surface area contributed by atoms with Crippen LogP contribution in [0.5, 0.6) is 17.4 Å². The molecule has 15 heteroatoms. The minimum Gasteiger partial charge on any atom is -0.491 e. The fraction of sp³-hybridized carbons (Fsp3) is 0.308. The number of pyridine rings is 1. The van der Waals surface area contributed by atoms with E-state index < -0.39 is 39.2 Å². The largest absolute Gasteiger partial charge is 0.491 e. The van der Waals surface area contributed by atoms with Gasteiger partial charge in [-0.2, -0.15) is 25.9 Å². The van der Waals surface area contributed by atoms with E-state index in [0.717, 1.165) is 15.4 Å². The molecule has 4 rings (SSSR count). The number of nitrogens with zero attached hydrogens (tertiary/aromatic N) is 2. The summed E-state index contributed by atoms with van der Waals surface area (Å²) in [5.41, 5.74) is 6.06. The molecule has 0 atom stereocenters. The van der Waals surface area contributed by atoms with E-state index in [1.165, 1.54) is 19.2 Å². The Balaban J connectivity index is 1.71. The van der Waals surface area contributed by atoms with Crippen LogP contribution in [0.15, 0.2) is 54.7 Å². The second-order valence-corrected chi connectivity index (χ2v) is 10.9. The highest BCUT2D eigenvalue weighted by molar-refractivity contribution is 7.84. The van der Waals surface area contributed by atoms with Crippen molar-refractivity contribution in [1.82, 2.24) is 9.29 Å². The van der Waals surface area contributed by atoms with Crippen molar-refractivity contribution >= 4 is 28.0 Å². The molecule has 1 aliphatic carbocycles. The Morgan fingerprint density at radius 2 is 1.80 bits per heavy atom. The number of halogens is 4. The molecule has 0 aliphatic heterocycles. The SMILES string of the molecule is COCCOc1ccc(CN(C2Cc3ccccc3C2)S(=O)(=O)OC(N)=O)c(Oc2ncc(C(F)(F)F)cc2Cl)c1. The lowest BCUT2D eigenvalue weighted by atomic mass is 10.1. The van der Waals surface area contributed by atoms with Gasteiger partial charge in [-0.05, 0) is 36.1 Å². The molecule has 0 unspecified atom stereocenters. The number of amides is 1. The zero-order valence-corrected chi connectivity index (χ0v) is 23.1. The summed E-state index contributed by atoms with van der Waals surface area (Å²) < 4.78 is 87.5. The molecule has 0 saturated heterocycles. The lowest BCUT2D eigenvalue weighted by Gasteiger charge is -2.27. The van der Waals surface area contributed by atoms with Crippen molar-refractivity contribution in [3.8, 4) is 17.4 Å². The van der Waals surface area contributed by atoms with Crippen LogP contribution >= 0.6 is 11.6 Å². The third-order valence-corrected chi connectivity index (χ3v) is 7.82. The fourth-order valence-electron chi connectivity index (χ4n) is 4.30. The molecule has 1 aliphatic rings. The van der Waals surface area contributed by atoms with Crippen LogP contribution in [-0.2, 0) is 44.8 Å². The molecule has 2 aromatic carbocycles. The number of hydrogen-bond donors (Lipinski definition) is 1. The van der Waals surface area contributed by atoms with Crippen molar-refractivity contribution in [1.29, 1.82) is 0 Å². The molecule has 0 fully saturated rings. The molecule has 1 amide bonds. The summed E-state index contributed by atoms with van der Waals surface area (Å²) in [4.78, 5) is 15.2. The third kappa shape index (κ3) is 7.58. The highest BCUT2D eigenvalue weighted by atomic mass is 35.5. The van der Waals surface area contributed by atoms with Crippen LogP contribution in [0.25, 0.3) is 0 Å². The van der Waals surface area contributed by atoms with Crippen LogP contribution in [0.2, 0.25) is 5.02 Å². The molecular weight excluding hydrogens is 591 g/mol. The zero-order valence-electron chi connectivity index (χ0n) is 21.6. The first kappa shape index (κ1) is 30.4. The maximum Gasteiger partial charge on any atom is 0.421 e. The summed E-state index contributed by atoms with van der Waals surface area (Å²) in [6.45, 7) is 0.0744. The Hall–Kier alpha value is -3.59. The number of primary amides is 1. The van der Waals surface area contributed by atoms with E-state index in [-0.39, 0.29) is 37.0 Å². The number of ether oxygens (including phenoxy) is 3. The number of rotatable bonds is 11. The Labute approximate surface area is 239 Å². The van der Waals surface area contributed by atoms with Crippen molar-refractivity contribution in [3.63, 3.8) is 0 Å². The van der Waals surface area contributed by atoms with Gasteiger partial charge in [0.05, 0.1) is 12.2 Å². The van der Waals surface area contributed by atoms with E-state index in [4.69, 9.17) is 31.5 Å². The molecule has 2 N–H and O–H groups in total. The molecule has 0 bridgehead atoms. The van der Waals surface area contributed by atoms with Gasteiger partial charge >= 0.3 is 22.6 Å². The lowest BCUT2D eigenvalue weighted by Crippen LogP contribution is -2.42. The van der Waals surface area contributed by atoms with Crippen molar-refractivity contribution in [2.24, 2.45) is 5.73 Å². The van der Waals surface area contributed by atoms with Gasteiger partial charge in [-0.1, -0.05) is 41.9 Å². The Bertz CT molecular complexity index is 1500. The van der Waals surface area contributed by atoms with Crippen LogP contribution in [-0.4, -0.2) is 50.2 Å². The Morgan fingerprint density at radius 3 is 2.39 bits per heavy atom. The smallest absolute Gasteiger partial charge is 0.421 e. The molecule has 1 heterocycles. The first-order valence-corrected chi connectivity index (χ1v) is 13.8. The normalized spacial score (nSPS) is 13.7. The summed E-state index contributed by atoms with van der Waals surface area (Å²) in [6.07, 6.45) is -4.96. The minimum absolute atomic E-state index is 0.0103. The van der Waals surface area contributed by atoms with Gasteiger partial charge in [0.2, 0.25) is 5.88 Å². The number of carbonyl (C=O) groups is 1.